The summed E-state index contributed by atoms with van der Waals surface area (Å²) in [6.07, 6.45) is 7.45. The lowest BCUT2D eigenvalue weighted by atomic mass is 9.52. The summed E-state index contributed by atoms with van der Waals surface area (Å²) in [5.41, 5.74) is 1.47. The molecule has 0 aromatic carbocycles. The fourth-order valence-electron chi connectivity index (χ4n) is 4.60. The average molecular weight is 248 g/mol. The van der Waals surface area contributed by atoms with Crippen LogP contribution in [0.4, 0.5) is 0 Å². The molecule has 1 saturated heterocycles. The minimum Gasteiger partial charge on any atom is -0.344 e. The highest BCUT2D eigenvalue weighted by Crippen LogP contribution is 2.62. The third kappa shape index (κ3) is 1.29. The largest absolute Gasteiger partial charge is 0.344 e. The molecule has 3 heteroatoms. The van der Waals surface area contributed by atoms with Crippen LogP contribution in [0.1, 0.15) is 46.0 Å². The van der Waals surface area contributed by atoms with E-state index >= 15 is 0 Å². The molecular formula is C15H20O3. The molecule has 1 aliphatic heterocycles. The van der Waals surface area contributed by atoms with Crippen LogP contribution >= 0.6 is 0 Å². The van der Waals surface area contributed by atoms with Gasteiger partial charge >= 0.3 is 0 Å². The van der Waals surface area contributed by atoms with Crippen molar-refractivity contribution in [1.82, 2.24) is 0 Å². The Morgan fingerprint density at radius 3 is 2.94 bits per heavy atom. The van der Waals surface area contributed by atoms with E-state index < -0.39 is 5.79 Å². The number of carbonyl (C=O) groups is 1. The Labute approximate surface area is 108 Å². The molecule has 0 amide bonds. The summed E-state index contributed by atoms with van der Waals surface area (Å²) in [6, 6.07) is 0. The third-order valence-electron chi connectivity index (χ3n) is 5.37. The molecule has 1 heterocycles. The SMILES string of the molecule is CC1(C)OC2C3CCC4(CCC(=O)C=C4C3)C2O1. The van der Waals surface area contributed by atoms with Crippen molar-refractivity contribution in [1.29, 1.82) is 0 Å². The molecule has 18 heavy (non-hydrogen) atoms. The Bertz CT molecular complexity index is 451. The highest BCUT2D eigenvalue weighted by atomic mass is 16.8. The van der Waals surface area contributed by atoms with Gasteiger partial charge in [0.2, 0.25) is 0 Å². The first-order chi connectivity index (χ1) is 8.50. The van der Waals surface area contributed by atoms with E-state index in [4.69, 9.17) is 9.47 Å². The lowest BCUT2D eigenvalue weighted by Crippen LogP contribution is -2.56. The van der Waals surface area contributed by atoms with Crippen LogP contribution in [0.3, 0.4) is 0 Å². The number of ketones is 1. The Kier molecular flexibility index (Phi) is 2.02. The molecule has 4 fully saturated rings. The molecule has 5 rings (SSSR count). The van der Waals surface area contributed by atoms with Crippen LogP contribution in [-0.2, 0) is 14.3 Å². The standard InChI is InChI=1S/C15H20O3/c1-14(2)17-12-9-3-5-15(13(12)18-14)6-4-11(16)8-10(15)7-9/h8-9,12-13H,3-7H2,1-2H3. The fourth-order valence-corrected chi connectivity index (χ4v) is 4.60. The van der Waals surface area contributed by atoms with Gasteiger partial charge in [-0.05, 0) is 51.5 Å². The van der Waals surface area contributed by atoms with Gasteiger partial charge in [-0.1, -0.05) is 5.57 Å². The van der Waals surface area contributed by atoms with E-state index in [1.807, 2.05) is 19.9 Å². The van der Waals surface area contributed by atoms with Crippen LogP contribution in [0, 0.1) is 11.3 Å². The molecule has 2 bridgehead atoms. The second kappa shape index (κ2) is 3.26. The predicted molar refractivity (Wildman–Crippen MR) is 65.9 cm³/mol. The third-order valence-corrected chi connectivity index (χ3v) is 5.37. The Morgan fingerprint density at radius 2 is 2.11 bits per heavy atom. The molecular weight excluding hydrogens is 228 g/mol. The number of fused-ring (bicyclic) bond motifs is 1. The van der Waals surface area contributed by atoms with Gasteiger partial charge in [-0.15, -0.1) is 0 Å². The van der Waals surface area contributed by atoms with Crippen molar-refractivity contribution in [3.63, 3.8) is 0 Å². The predicted octanol–water partition coefficient (Wildman–Crippen LogP) is 2.60. The van der Waals surface area contributed by atoms with Crippen molar-refractivity contribution < 1.29 is 14.3 Å². The van der Waals surface area contributed by atoms with Gasteiger partial charge in [-0.2, -0.15) is 0 Å². The Balaban J connectivity index is 1.80. The first kappa shape index (κ1) is 11.2. The fraction of sp³-hybridized carbons (Fsp3) is 0.800. The normalized spacial score (nSPS) is 48.7. The van der Waals surface area contributed by atoms with Crippen LogP contribution in [0.15, 0.2) is 11.6 Å². The minimum atomic E-state index is -0.457. The monoisotopic (exact) mass is 248 g/mol. The molecule has 4 aliphatic carbocycles. The zero-order chi connectivity index (χ0) is 12.5. The first-order valence-electron chi connectivity index (χ1n) is 7.10. The van der Waals surface area contributed by atoms with E-state index in [0.29, 0.717) is 18.1 Å². The minimum absolute atomic E-state index is 0.112. The van der Waals surface area contributed by atoms with E-state index in [-0.39, 0.29) is 17.6 Å². The molecule has 4 unspecified atom stereocenters. The van der Waals surface area contributed by atoms with E-state index in [0.717, 1.165) is 12.8 Å². The molecule has 1 spiro atoms. The van der Waals surface area contributed by atoms with Crippen LogP contribution in [0.2, 0.25) is 0 Å². The highest BCUT2D eigenvalue weighted by molar-refractivity contribution is 5.91. The number of hydrogen-bond acceptors (Lipinski definition) is 3. The molecule has 0 aromatic rings. The van der Waals surface area contributed by atoms with E-state index in [1.165, 1.54) is 18.4 Å². The Hall–Kier alpha value is -0.670. The summed E-state index contributed by atoms with van der Waals surface area (Å²) >= 11 is 0. The summed E-state index contributed by atoms with van der Waals surface area (Å²) in [5, 5.41) is 0. The van der Waals surface area contributed by atoms with Crippen LogP contribution in [-0.4, -0.2) is 23.8 Å². The van der Waals surface area contributed by atoms with Crippen molar-refractivity contribution in [2.75, 3.05) is 0 Å². The maximum Gasteiger partial charge on any atom is 0.163 e. The van der Waals surface area contributed by atoms with Crippen molar-refractivity contribution in [3.05, 3.63) is 11.6 Å². The van der Waals surface area contributed by atoms with Gasteiger partial charge in [0, 0.05) is 11.8 Å². The van der Waals surface area contributed by atoms with Gasteiger partial charge in [-0.3, -0.25) is 4.79 Å². The quantitative estimate of drug-likeness (QED) is 0.661. The molecule has 0 N–H and O–H groups in total. The van der Waals surface area contributed by atoms with Crippen LogP contribution in [0.5, 0.6) is 0 Å². The number of allylic oxidation sites excluding steroid dienone is 1. The van der Waals surface area contributed by atoms with Gasteiger partial charge in [0.1, 0.15) is 0 Å². The summed E-state index contributed by atoms with van der Waals surface area (Å²) < 4.78 is 12.3. The molecule has 0 radical (unpaired) electrons. The molecule has 0 aromatic heterocycles. The Morgan fingerprint density at radius 1 is 1.28 bits per heavy atom. The maximum atomic E-state index is 11.7. The van der Waals surface area contributed by atoms with Crippen molar-refractivity contribution in [3.8, 4) is 0 Å². The smallest absolute Gasteiger partial charge is 0.163 e. The molecule has 98 valence electrons. The number of carbonyl (C=O) groups excluding carboxylic acids is 1. The zero-order valence-corrected chi connectivity index (χ0v) is 11.1. The summed E-state index contributed by atoms with van der Waals surface area (Å²) in [5.74, 6) is 0.399. The van der Waals surface area contributed by atoms with Gasteiger partial charge < -0.3 is 9.47 Å². The lowest BCUT2D eigenvalue weighted by molar-refractivity contribution is -0.153. The van der Waals surface area contributed by atoms with Crippen LogP contribution < -0.4 is 0 Å². The molecule has 5 aliphatic rings. The number of rotatable bonds is 0. The second-order valence-corrected chi connectivity index (χ2v) is 6.82. The van der Waals surface area contributed by atoms with E-state index in [9.17, 15) is 4.79 Å². The first-order valence-corrected chi connectivity index (χ1v) is 7.10. The summed E-state index contributed by atoms with van der Waals surface area (Å²) in [6.45, 7) is 4.03. The molecule has 4 atom stereocenters. The molecule has 3 nitrogen and oxygen atoms in total. The number of hydrogen-bond donors (Lipinski definition) is 0. The summed E-state index contributed by atoms with van der Waals surface area (Å²) in [4.78, 5) is 11.7. The van der Waals surface area contributed by atoms with Crippen LogP contribution in [0.25, 0.3) is 0 Å². The van der Waals surface area contributed by atoms with Gasteiger partial charge in [0.25, 0.3) is 0 Å². The summed E-state index contributed by atoms with van der Waals surface area (Å²) in [7, 11) is 0. The topological polar surface area (TPSA) is 35.5 Å². The van der Waals surface area contributed by atoms with Crippen molar-refractivity contribution in [2.24, 2.45) is 11.3 Å². The molecule has 3 saturated carbocycles. The highest BCUT2D eigenvalue weighted by Gasteiger charge is 2.62. The average Bonchev–Trinajstić information content (AvgIpc) is 2.66. The van der Waals surface area contributed by atoms with Crippen molar-refractivity contribution >= 4 is 5.78 Å². The zero-order valence-electron chi connectivity index (χ0n) is 11.1. The van der Waals surface area contributed by atoms with E-state index in [1.54, 1.807) is 0 Å². The maximum absolute atomic E-state index is 11.7. The van der Waals surface area contributed by atoms with Gasteiger partial charge in [0.05, 0.1) is 12.2 Å². The van der Waals surface area contributed by atoms with E-state index in [2.05, 4.69) is 0 Å². The lowest BCUT2D eigenvalue weighted by Gasteiger charge is -2.55. The van der Waals surface area contributed by atoms with Gasteiger partial charge in [0.15, 0.2) is 11.6 Å². The van der Waals surface area contributed by atoms with Crippen molar-refractivity contribution in [2.45, 2.75) is 63.9 Å². The second-order valence-electron chi connectivity index (χ2n) is 6.82. The number of ether oxygens (including phenoxy) is 2. The van der Waals surface area contributed by atoms with Gasteiger partial charge in [-0.25, -0.2) is 0 Å².